The van der Waals surface area contributed by atoms with Gasteiger partial charge in [0.05, 0.1) is 19.1 Å². The molecule has 0 radical (unpaired) electrons. The summed E-state index contributed by atoms with van der Waals surface area (Å²) in [6, 6.07) is 16.5. The Hall–Kier alpha value is -3.48. The summed E-state index contributed by atoms with van der Waals surface area (Å²) in [5, 5.41) is 2.61. The third-order valence-electron chi connectivity index (χ3n) is 5.46. The fraction of sp³-hybridized carbons (Fsp3) is 0.273. The van der Waals surface area contributed by atoms with Crippen molar-refractivity contribution in [2.75, 3.05) is 19.6 Å². The lowest BCUT2D eigenvalue weighted by molar-refractivity contribution is -0.135. The van der Waals surface area contributed by atoms with Crippen molar-refractivity contribution >= 4 is 23.5 Å². The Balaban J connectivity index is 1.41. The molecule has 2 fully saturated rings. The summed E-state index contributed by atoms with van der Waals surface area (Å²) >= 11 is 0. The Bertz CT molecular complexity index is 945. The maximum atomic E-state index is 12.8. The van der Waals surface area contributed by atoms with Crippen LogP contribution >= 0.6 is 0 Å². The van der Waals surface area contributed by atoms with E-state index >= 15 is 0 Å². The summed E-state index contributed by atoms with van der Waals surface area (Å²) in [6.45, 7) is 0.208. The van der Waals surface area contributed by atoms with E-state index in [2.05, 4.69) is 5.32 Å². The molecule has 4 rings (SSSR count). The number of amides is 3. The van der Waals surface area contributed by atoms with Crippen molar-refractivity contribution in [1.29, 1.82) is 0 Å². The number of carbonyl (C=O) groups excluding carboxylic acids is 4. The lowest BCUT2D eigenvalue weighted by Gasteiger charge is -2.24. The number of nitrogens with one attached hydrogen (secondary N) is 1. The molecule has 0 bridgehead atoms. The third-order valence-corrected chi connectivity index (χ3v) is 5.46. The average Bonchev–Trinajstić information content (AvgIpc) is 3.34. The van der Waals surface area contributed by atoms with Gasteiger partial charge in [-0.2, -0.15) is 0 Å². The predicted octanol–water partition coefficient (Wildman–Crippen LogP) is 1.11. The van der Waals surface area contributed by atoms with E-state index in [0.717, 1.165) is 0 Å². The predicted molar refractivity (Wildman–Crippen MR) is 105 cm³/mol. The minimum atomic E-state index is -0.635. The molecule has 2 heterocycles. The lowest BCUT2D eigenvalue weighted by Crippen LogP contribution is -2.47. The van der Waals surface area contributed by atoms with Crippen LogP contribution < -0.4 is 5.32 Å². The number of hydrogen-bond acceptors (Lipinski definition) is 4. The van der Waals surface area contributed by atoms with Gasteiger partial charge >= 0.3 is 0 Å². The third kappa shape index (κ3) is 3.63. The zero-order valence-corrected chi connectivity index (χ0v) is 15.8. The molecule has 3 amide bonds. The van der Waals surface area contributed by atoms with Crippen LogP contribution in [0.3, 0.4) is 0 Å². The van der Waals surface area contributed by atoms with E-state index in [1.807, 2.05) is 6.07 Å². The van der Waals surface area contributed by atoms with Gasteiger partial charge in [0.1, 0.15) is 6.04 Å². The molecule has 7 heteroatoms. The number of ketones is 1. The van der Waals surface area contributed by atoms with Crippen LogP contribution in [0.1, 0.15) is 27.1 Å². The first-order chi connectivity index (χ1) is 14.1. The highest BCUT2D eigenvalue weighted by atomic mass is 16.2. The number of hydrogen-bond donors (Lipinski definition) is 1. The normalized spacial score (nSPS) is 20.5. The number of fused-ring (bicyclic) bond motifs is 1. The first-order valence-corrected chi connectivity index (χ1v) is 9.57. The van der Waals surface area contributed by atoms with Gasteiger partial charge in [0.2, 0.25) is 5.91 Å². The first kappa shape index (κ1) is 18.9. The van der Waals surface area contributed by atoms with Gasteiger partial charge in [-0.1, -0.05) is 36.4 Å². The number of benzene rings is 2. The van der Waals surface area contributed by atoms with E-state index in [9.17, 15) is 19.2 Å². The van der Waals surface area contributed by atoms with E-state index in [-0.39, 0.29) is 42.6 Å². The average molecular weight is 391 g/mol. The summed E-state index contributed by atoms with van der Waals surface area (Å²) in [6.07, 6.45) is 0.549. The van der Waals surface area contributed by atoms with Gasteiger partial charge in [-0.05, 0) is 30.7 Å². The van der Waals surface area contributed by atoms with Gasteiger partial charge in [-0.15, -0.1) is 0 Å². The second kappa shape index (κ2) is 7.87. The second-order valence-corrected chi connectivity index (χ2v) is 7.20. The van der Waals surface area contributed by atoms with Crippen molar-refractivity contribution in [2.45, 2.75) is 18.5 Å². The summed E-state index contributed by atoms with van der Waals surface area (Å²) in [7, 11) is 0. The lowest BCUT2D eigenvalue weighted by atomic mass is 10.1. The molecule has 2 atom stereocenters. The molecule has 7 nitrogen and oxygen atoms in total. The molecule has 29 heavy (non-hydrogen) atoms. The molecule has 2 saturated heterocycles. The second-order valence-electron chi connectivity index (χ2n) is 7.20. The molecule has 0 saturated carbocycles. The Kier molecular flexibility index (Phi) is 5.12. The highest BCUT2D eigenvalue weighted by molar-refractivity contribution is 6.03. The molecule has 0 aliphatic carbocycles. The molecule has 148 valence electrons. The van der Waals surface area contributed by atoms with Crippen LogP contribution in [0.4, 0.5) is 0 Å². The SMILES string of the molecule is O=C(NCC(=O)N1CC[C@@H]2[C@H]1C(=O)CN2C(=O)c1ccccc1)c1ccccc1. The smallest absolute Gasteiger partial charge is 0.254 e. The molecule has 0 unspecified atom stereocenters. The largest absolute Gasteiger partial charge is 0.343 e. The minimum absolute atomic E-state index is 0.00319. The van der Waals surface area contributed by atoms with Gasteiger partial charge in [0.25, 0.3) is 11.8 Å². The summed E-state index contributed by atoms with van der Waals surface area (Å²) < 4.78 is 0. The Morgan fingerprint density at radius 1 is 0.897 bits per heavy atom. The number of nitrogens with zero attached hydrogens (tertiary/aromatic N) is 2. The van der Waals surface area contributed by atoms with E-state index in [1.54, 1.807) is 59.5 Å². The van der Waals surface area contributed by atoms with Crippen LogP contribution in [0, 0.1) is 0 Å². The molecule has 2 aromatic carbocycles. The molecule has 2 aliphatic heterocycles. The van der Waals surface area contributed by atoms with Crippen molar-refractivity contribution < 1.29 is 19.2 Å². The number of Topliss-reactive ketones (excluding diaryl/α,β-unsaturated/α-hetero) is 1. The molecular formula is C22H21N3O4. The van der Waals surface area contributed by atoms with Gasteiger partial charge < -0.3 is 15.1 Å². The zero-order valence-electron chi connectivity index (χ0n) is 15.8. The van der Waals surface area contributed by atoms with Gasteiger partial charge in [0.15, 0.2) is 5.78 Å². The van der Waals surface area contributed by atoms with Gasteiger partial charge in [0, 0.05) is 17.7 Å². The fourth-order valence-corrected chi connectivity index (χ4v) is 4.07. The van der Waals surface area contributed by atoms with Gasteiger partial charge in [-0.25, -0.2) is 0 Å². The Morgan fingerprint density at radius 2 is 1.52 bits per heavy atom. The van der Waals surface area contributed by atoms with E-state index in [4.69, 9.17) is 0 Å². The van der Waals surface area contributed by atoms with Gasteiger partial charge in [-0.3, -0.25) is 19.2 Å². The van der Waals surface area contributed by atoms with Crippen molar-refractivity contribution in [2.24, 2.45) is 0 Å². The standard InChI is InChI=1S/C22H21N3O4/c26-18-14-25(22(29)16-9-5-2-6-10-16)17-11-12-24(20(17)18)19(27)13-23-21(28)15-7-3-1-4-8-15/h1-10,17,20H,11-14H2,(H,23,28)/t17-,20+/m1/s1. The van der Waals surface area contributed by atoms with Crippen LogP contribution in [-0.2, 0) is 9.59 Å². The highest BCUT2D eigenvalue weighted by Gasteiger charge is 2.51. The first-order valence-electron chi connectivity index (χ1n) is 9.57. The fourth-order valence-electron chi connectivity index (χ4n) is 4.07. The van der Waals surface area contributed by atoms with Crippen LogP contribution in [-0.4, -0.2) is 65.0 Å². The van der Waals surface area contributed by atoms with Crippen LogP contribution in [0.5, 0.6) is 0 Å². The number of carbonyl (C=O) groups is 4. The Morgan fingerprint density at radius 3 is 2.17 bits per heavy atom. The monoisotopic (exact) mass is 391 g/mol. The molecule has 1 N–H and O–H groups in total. The minimum Gasteiger partial charge on any atom is -0.343 e. The van der Waals surface area contributed by atoms with E-state index < -0.39 is 6.04 Å². The summed E-state index contributed by atoms with van der Waals surface area (Å²) in [5.74, 6) is -0.991. The van der Waals surface area contributed by atoms with Crippen molar-refractivity contribution in [3.63, 3.8) is 0 Å². The highest BCUT2D eigenvalue weighted by Crippen LogP contribution is 2.30. The molecule has 2 aliphatic rings. The van der Waals surface area contributed by atoms with Crippen LogP contribution in [0.15, 0.2) is 60.7 Å². The van der Waals surface area contributed by atoms with Crippen LogP contribution in [0.2, 0.25) is 0 Å². The quantitative estimate of drug-likeness (QED) is 0.846. The van der Waals surface area contributed by atoms with Crippen molar-refractivity contribution in [3.8, 4) is 0 Å². The molecular weight excluding hydrogens is 370 g/mol. The van der Waals surface area contributed by atoms with E-state index in [0.29, 0.717) is 24.1 Å². The molecule has 0 spiro atoms. The Labute approximate surface area is 168 Å². The summed E-state index contributed by atoms with van der Waals surface area (Å²) in [5.41, 5.74) is 0.997. The summed E-state index contributed by atoms with van der Waals surface area (Å²) in [4.78, 5) is 53.3. The van der Waals surface area contributed by atoms with E-state index in [1.165, 1.54) is 4.90 Å². The molecule has 0 aromatic heterocycles. The molecule has 2 aromatic rings. The van der Waals surface area contributed by atoms with Crippen LogP contribution in [0.25, 0.3) is 0 Å². The topological polar surface area (TPSA) is 86.8 Å². The maximum Gasteiger partial charge on any atom is 0.254 e. The number of rotatable bonds is 4. The zero-order chi connectivity index (χ0) is 20.4. The van der Waals surface area contributed by atoms with Crippen molar-refractivity contribution in [1.82, 2.24) is 15.1 Å². The maximum absolute atomic E-state index is 12.8. The van der Waals surface area contributed by atoms with Crippen molar-refractivity contribution in [3.05, 3.63) is 71.8 Å². The number of likely N-dealkylation sites (tertiary alicyclic amines) is 2.